The highest BCUT2D eigenvalue weighted by Gasteiger charge is 2.37. The average molecular weight is 332 g/mol. The number of benzene rings is 1. The van der Waals surface area contributed by atoms with Gasteiger partial charge in [0, 0.05) is 24.7 Å². The molecule has 2 atom stereocenters. The topological polar surface area (TPSA) is 49.9 Å². The maximum Gasteiger partial charge on any atom is 0.410 e. The molecule has 1 aromatic rings. The van der Waals surface area contributed by atoms with Crippen LogP contribution in [-0.4, -0.2) is 52.6 Å². The molecule has 132 valence electrons. The molecule has 0 bridgehead atoms. The number of piperazine rings is 1. The van der Waals surface area contributed by atoms with Crippen molar-refractivity contribution in [1.29, 1.82) is 0 Å². The van der Waals surface area contributed by atoms with E-state index in [2.05, 4.69) is 0 Å². The first-order valence-electron chi connectivity index (χ1n) is 8.48. The molecule has 1 aliphatic heterocycles. The van der Waals surface area contributed by atoms with Crippen molar-refractivity contribution in [3.8, 4) is 0 Å². The lowest BCUT2D eigenvalue weighted by molar-refractivity contribution is -0.0101. The van der Waals surface area contributed by atoms with Crippen LogP contribution in [0, 0.1) is 6.92 Å². The predicted molar refractivity (Wildman–Crippen MR) is 94.1 cm³/mol. The second-order valence-electron chi connectivity index (χ2n) is 7.47. The van der Waals surface area contributed by atoms with Gasteiger partial charge in [-0.25, -0.2) is 4.79 Å². The summed E-state index contributed by atoms with van der Waals surface area (Å²) < 4.78 is 5.48. The van der Waals surface area contributed by atoms with Gasteiger partial charge >= 0.3 is 6.09 Å². The monoisotopic (exact) mass is 332 g/mol. The molecule has 0 aromatic heterocycles. The number of carbonyl (C=O) groups excluding carboxylic acids is 2. The van der Waals surface area contributed by atoms with E-state index in [1.807, 2.05) is 70.7 Å². The first kappa shape index (κ1) is 18.3. The highest BCUT2D eigenvalue weighted by Crippen LogP contribution is 2.22. The Balaban J connectivity index is 2.12. The maximum atomic E-state index is 12.9. The van der Waals surface area contributed by atoms with Crippen LogP contribution in [0.2, 0.25) is 0 Å². The van der Waals surface area contributed by atoms with Crippen LogP contribution in [0.15, 0.2) is 24.3 Å². The van der Waals surface area contributed by atoms with E-state index in [4.69, 9.17) is 4.74 Å². The van der Waals surface area contributed by atoms with Crippen LogP contribution in [0.5, 0.6) is 0 Å². The first-order chi connectivity index (χ1) is 11.1. The smallest absolute Gasteiger partial charge is 0.410 e. The molecule has 24 heavy (non-hydrogen) atoms. The SMILES string of the molecule is Cc1ccccc1C(=O)N1CCN(C(=O)OC(C)(C)C)[C@@H](C)[C@@H]1C. The Kier molecular flexibility index (Phi) is 5.21. The van der Waals surface area contributed by atoms with E-state index >= 15 is 0 Å². The van der Waals surface area contributed by atoms with Gasteiger partial charge in [0.1, 0.15) is 5.60 Å². The third-order valence-corrected chi connectivity index (χ3v) is 4.53. The summed E-state index contributed by atoms with van der Waals surface area (Å²) in [4.78, 5) is 28.8. The molecule has 1 aliphatic rings. The van der Waals surface area contributed by atoms with Crippen molar-refractivity contribution in [1.82, 2.24) is 9.80 Å². The molecular formula is C19H28N2O3. The van der Waals surface area contributed by atoms with E-state index in [0.29, 0.717) is 13.1 Å². The van der Waals surface area contributed by atoms with Crippen molar-refractivity contribution < 1.29 is 14.3 Å². The van der Waals surface area contributed by atoms with Crippen molar-refractivity contribution in [3.05, 3.63) is 35.4 Å². The third-order valence-electron chi connectivity index (χ3n) is 4.53. The molecule has 5 nitrogen and oxygen atoms in total. The molecule has 0 unspecified atom stereocenters. The molecule has 0 N–H and O–H groups in total. The van der Waals surface area contributed by atoms with Crippen LogP contribution in [0.25, 0.3) is 0 Å². The molecule has 0 aliphatic carbocycles. The summed E-state index contributed by atoms with van der Waals surface area (Å²) in [7, 11) is 0. The normalized spacial score (nSPS) is 21.6. The minimum Gasteiger partial charge on any atom is -0.444 e. The van der Waals surface area contributed by atoms with Crippen LogP contribution in [-0.2, 0) is 4.74 Å². The fourth-order valence-corrected chi connectivity index (χ4v) is 2.98. The van der Waals surface area contributed by atoms with Crippen LogP contribution in [0.4, 0.5) is 4.79 Å². The van der Waals surface area contributed by atoms with Gasteiger partial charge in [0.15, 0.2) is 0 Å². The second-order valence-corrected chi connectivity index (χ2v) is 7.47. The molecule has 0 saturated carbocycles. The van der Waals surface area contributed by atoms with Gasteiger partial charge in [0.2, 0.25) is 0 Å². The number of carbonyl (C=O) groups is 2. The molecule has 1 saturated heterocycles. The number of hydrogen-bond acceptors (Lipinski definition) is 3. The van der Waals surface area contributed by atoms with Gasteiger partial charge in [-0.05, 0) is 53.2 Å². The van der Waals surface area contributed by atoms with Gasteiger partial charge in [-0.3, -0.25) is 4.79 Å². The fourth-order valence-electron chi connectivity index (χ4n) is 2.98. The Labute approximate surface area is 144 Å². The molecule has 0 spiro atoms. The average Bonchev–Trinajstić information content (AvgIpc) is 2.48. The number of aryl methyl sites for hydroxylation is 1. The van der Waals surface area contributed by atoms with Crippen LogP contribution in [0.3, 0.4) is 0 Å². The minimum atomic E-state index is -0.520. The number of amides is 2. The lowest BCUT2D eigenvalue weighted by Gasteiger charge is -2.45. The molecular weight excluding hydrogens is 304 g/mol. The van der Waals surface area contributed by atoms with E-state index in [1.165, 1.54) is 0 Å². The molecule has 2 rings (SSSR count). The zero-order valence-corrected chi connectivity index (χ0v) is 15.5. The molecule has 1 heterocycles. The van der Waals surface area contributed by atoms with Crippen molar-refractivity contribution in [2.45, 2.75) is 59.2 Å². The Morgan fingerprint density at radius 3 is 2.17 bits per heavy atom. The second kappa shape index (κ2) is 6.83. The molecule has 1 fully saturated rings. The van der Waals surface area contributed by atoms with E-state index in [9.17, 15) is 9.59 Å². The zero-order chi connectivity index (χ0) is 18.1. The molecule has 2 amide bonds. The van der Waals surface area contributed by atoms with Gasteiger partial charge in [-0.1, -0.05) is 18.2 Å². The quantitative estimate of drug-likeness (QED) is 0.791. The van der Waals surface area contributed by atoms with Gasteiger partial charge in [-0.15, -0.1) is 0 Å². The lowest BCUT2D eigenvalue weighted by Crippen LogP contribution is -2.60. The summed E-state index contributed by atoms with van der Waals surface area (Å²) in [6.07, 6.45) is -0.315. The first-order valence-corrected chi connectivity index (χ1v) is 8.48. The van der Waals surface area contributed by atoms with Crippen LogP contribution >= 0.6 is 0 Å². The number of hydrogen-bond donors (Lipinski definition) is 0. The molecule has 1 aromatic carbocycles. The predicted octanol–water partition coefficient (Wildman–Crippen LogP) is 3.46. The summed E-state index contributed by atoms with van der Waals surface area (Å²) in [5, 5.41) is 0. The maximum absolute atomic E-state index is 12.9. The lowest BCUT2D eigenvalue weighted by atomic mass is 10.0. The Hall–Kier alpha value is -2.04. The third kappa shape index (κ3) is 3.89. The minimum absolute atomic E-state index is 0.0243. The summed E-state index contributed by atoms with van der Waals surface area (Å²) in [6.45, 7) is 12.5. The Morgan fingerprint density at radius 1 is 1.04 bits per heavy atom. The standard InChI is InChI=1S/C19H28N2O3/c1-13-9-7-8-10-16(13)17(22)20-11-12-21(15(3)14(20)2)18(23)24-19(4,5)6/h7-10,14-15H,11-12H2,1-6H3/t14-,15-/m0/s1. The highest BCUT2D eigenvalue weighted by atomic mass is 16.6. The fraction of sp³-hybridized carbons (Fsp3) is 0.579. The van der Waals surface area contributed by atoms with Gasteiger partial charge in [0.25, 0.3) is 5.91 Å². The van der Waals surface area contributed by atoms with E-state index in [-0.39, 0.29) is 24.1 Å². The van der Waals surface area contributed by atoms with E-state index in [0.717, 1.165) is 11.1 Å². The largest absolute Gasteiger partial charge is 0.444 e. The zero-order valence-electron chi connectivity index (χ0n) is 15.5. The van der Waals surface area contributed by atoms with Crippen molar-refractivity contribution in [3.63, 3.8) is 0 Å². The van der Waals surface area contributed by atoms with Gasteiger partial charge < -0.3 is 14.5 Å². The van der Waals surface area contributed by atoms with E-state index in [1.54, 1.807) is 4.90 Å². The van der Waals surface area contributed by atoms with Crippen molar-refractivity contribution >= 4 is 12.0 Å². The van der Waals surface area contributed by atoms with Gasteiger partial charge in [0.05, 0.1) is 6.04 Å². The van der Waals surface area contributed by atoms with E-state index < -0.39 is 5.60 Å². The van der Waals surface area contributed by atoms with Crippen molar-refractivity contribution in [2.24, 2.45) is 0 Å². The number of nitrogens with zero attached hydrogens (tertiary/aromatic N) is 2. The van der Waals surface area contributed by atoms with Crippen molar-refractivity contribution in [2.75, 3.05) is 13.1 Å². The number of ether oxygens (including phenoxy) is 1. The summed E-state index contributed by atoms with van der Waals surface area (Å²) in [6, 6.07) is 7.44. The van der Waals surface area contributed by atoms with Crippen LogP contribution < -0.4 is 0 Å². The highest BCUT2D eigenvalue weighted by molar-refractivity contribution is 5.96. The molecule has 0 radical (unpaired) electrons. The van der Waals surface area contributed by atoms with Gasteiger partial charge in [-0.2, -0.15) is 0 Å². The summed E-state index contributed by atoms with van der Waals surface area (Å²) in [5.41, 5.74) is 1.17. The summed E-state index contributed by atoms with van der Waals surface area (Å²) in [5.74, 6) is 0.0243. The Morgan fingerprint density at radius 2 is 1.58 bits per heavy atom. The number of rotatable bonds is 1. The molecule has 5 heteroatoms. The summed E-state index contributed by atoms with van der Waals surface area (Å²) >= 11 is 0. The Bertz CT molecular complexity index is 621. The van der Waals surface area contributed by atoms with Crippen LogP contribution in [0.1, 0.15) is 50.5 Å².